The Kier molecular flexibility index (Phi) is 4.88. The van der Waals surface area contributed by atoms with Gasteiger partial charge in [0.1, 0.15) is 0 Å². The number of imidazole rings is 1. The molecule has 19 heavy (non-hydrogen) atoms. The summed E-state index contributed by atoms with van der Waals surface area (Å²) in [4.78, 5) is 4.52. The first-order valence-electron chi connectivity index (χ1n) is 6.36. The van der Waals surface area contributed by atoms with E-state index in [1.807, 2.05) is 25.1 Å². The summed E-state index contributed by atoms with van der Waals surface area (Å²) in [6.07, 6.45) is 4.37. The van der Waals surface area contributed by atoms with E-state index in [4.69, 9.17) is 11.6 Å². The average Bonchev–Trinajstić information content (AvgIpc) is 2.73. The molecule has 0 spiro atoms. The summed E-state index contributed by atoms with van der Waals surface area (Å²) in [7, 11) is 0. The van der Waals surface area contributed by atoms with Gasteiger partial charge in [-0.2, -0.15) is 0 Å². The normalized spacial score (nSPS) is 10.7. The van der Waals surface area contributed by atoms with Crippen LogP contribution >= 0.6 is 27.5 Å². The summed E-state index contributed by atoms with van der Waals surface area (Å²) in [5.41, 5.74) is 1.94. The van der Waals surface area contributed by atoms with Crippen molar-refractivity contribution in [2.75, 3.05) is 5.32 Å². The van der Waals surface area contributed by atoms with Crippen LogP contribution in [0.1, 0.15) is 25.5 Å². The van der Waals surface area contributed by atoms with Crippen LogP contribution in [0.25, 0.3) is 0 Å². The van der Waals surface area contributed by atoms with E-state index in [1.165, 1.54) is 0 Å². The number of aromatic nitrogens is 2. The Labute approximate surface area is 127 Å². The summed E-state index contributed by atoms with van der Waals surface area (Å²) in [6, 6.07) is 5.75. The second-order valence-corrected chi connectivity index (χ2v) is 5.68. The molecule has 0 bridgehead atoms. The van der Waals surface area contributed by atoms with E-state index in [2.05, 4.69) is 43.9 Å². The van der Waals surface area contributed by atoms with Crippen LogP contribution in [0.2, 0.25) is 5.02 Å². The Balaban J connectivity index is 2.25. The molecule has 0 saturated heterocycles. The number of rotatable bonds is 5. The Hall–Kier alpha value is -1.000. The molecule has 5 heteroatoms. The molecular weight excluding hydrogens is 326 g/mol. The molecule has 0 fully saturated rings. The molecule has 0 aliphatic carbocycles. The molecule has 0 atom stereocenters. The van der Waals surface area contributed by atoms with E-state index in [-0.39, 0.29) is 0 Å². The summed E-state index contributed by atoms with van der Waals surface area (Å²) < 4.78 is 3.01. The molecule has 3 nitrogen and oxygen atoms in total. The van der Waals surface area contributed by atoms with Crippen LogP contribution in [-0.4, -0.2) is 9.55 Å². The molecule has 2 rings (SSSR count). The molecule has 1 N–H and O–H groups in total. The maximum atomic E-state index is 6.09. The van der Waals surface area contributed by atoms with E-state index >= 15 is 0 Å². The topological polar surface area (TPSA) is 29.9 Å². The lowest BCUT2D eigenvalue weighted by atomic mass is 10.3. The maximum Gasteiger partial charge on any atom is 0.207 e. The van der Waals surface area contributed by atoms with Gasteiger partial charge in [0.25, 0.3) is 0 Å². The van der Waals surface area contributed by atoms with Gasteiger partial charge in [-0.3, -0.25) is 0 Å². The molecule has 0 unspecified atom stereocenters. The van der Waals surface area contributed by atoms with Crippen LogP contribution in [-0.2, 0) is 6.54 Å². The van der Waals surface area contributed by atoms with Crippen molar-refractivity contribution in [3.8, 4) is 0 Å². The summed E-state index contributed by atoms with van der Waals surface area (Å²) >= 11 is 9.58. The number of nitrogens with zero attached hydrogens (tertiary/aromatic N) is 2. The van der Waals surface area contributed by atoms with Crippen LogP contribution in [0.5, 0.6) is 0 Å². The molecule has 0 radical (unpaired) electrons. The van der Waals surface area contributed by atoms with Crippen LogP contribution in [0.3, 0.4) is 0 Å². The second kappa shape index (κ2) is 6.44. The fraction of sp³-hybridized carbons (Fsp3) is 0.357. The van der Waals surface area contributed by atoms with Crippen LogP contribution in [0.15, 0.2) is 28.9 Å². The van der Waals surface area contributed by atoms with Crippen LogP contribution < -0.4 is 5.32 Å². The molecule has 1 aromatic heterocycles. The van der Waals surface area contributed by atoms with Gasteiger partial charge < -0.3 is 9.88 Å². The molecule has 1 aromatic carbocycles. The zero-order chi connectivity index (χ0) is 13.8. The predicted molar refractivity (Wildman–Crippen MR) is 84.3 cm³/mol. The first kappa shape index (κ1) is 14.4. The Bertz CT molecular complexity index is 566. The summed E-state index contributed by atoms with van der Waals surface area (Å²) in [6.45, 7) is 5.16. The van der Waals surface area contributed by atoms with Crippen LogP contribution in [0, 0.1) is 6.92 Å². The molecule has 0 saturated carbocycles. The number of hydrogen-bond acceptors (Lipinski definition) is 2. The van der Waals surface area contributed by atoms with Gasteiger partial charge in [0.2, 0.25) is 5.95 Å². The van der Waals surface area contributed by atoms with E-state index in [9.17, 15) is 0 Å². The van der Waals surface area contributed by atoms with E-state index in [0.29, 0.717) is 5.02 Å². The highest BCUT2D eigenvalue weighted by atomic mass is 79.9. The van der Waals surface area contributed by atoms with Gasteiger partial charge in [0, 0.05) is 12.7 Å². The van der Waals surface area contributed by atoms with Gasteiger partial charge in [-0.15, -0.1) is 0 Å². The van der Waals surface area contributed by atoms with Crippen molar-refractivity contribution in [2.45, 2.75) is 33.2 Å². The Morgan fingerprint density at radius 2 is 2.21 bits per heavy atom. The smallest absolute Gasteiger partial charge is 0.207 e. The third-order valence-corrected chi connectivity index (χ3v) is 4.25. The Morgan fingerprint density at radius 1 is 1.42 bits per heavy atom. The van der Waals surface area contributed by atoms with Gasteiger partial charge in [-0.25, -0.2) is 4.98 Å². The van der Waals surface area contributed by atoms with Crippen molar-refractivity contribution in [1.82, 2.24) is 9.55 Å². The zero-order valence-corrected chi connectivity index (χ0v) is 13.4. The minimum absolute atomic E-state index is 0.688. The minimum Gasteiger partial charge on any atom is -0.325 e. The number of aryl methyl sites for hydroxylation is 2. The first-order valence-corrected chi connectivity index (χ1v) is 7.53. The second-order valence-electron chi connectivity index (χ2n) is 4.48. The highest BCUT2D eigenvalue weighted by Gasteiger charge is 2.09. The van der Waals surface area contributed by atoms with Gasteiger partial charge >= 0.3 is 0 Å². The minimum atomic E-state index is 0.688. The third-order valence-electron chi connectivity index (χ3n) is 2.85. The van der Waals surface area contributed by atoms with Gasteiger partial charge in [-0.05, 0) is 41.4 Å². The highest BCUT2D eigenvalue weighted by Crippen LogP contribution is 2.31. The van der Waals surface area contributed by atoms with Gasteiger partial charge in [-0.1, -0.05) is 31.0 Å². The standard InChI is InChI=1S/C14H17BrClN3/c1-3-4-8-19-9-10(2)17-14(19)18-12-7-5-6-11(16)13(12)15/h5-7,9H,3-4,8H2,1-2H3,(H,17,18). The van der Waals surface area contributed by atoms with E-state index < -0.39 is 0 Å². The highest BCUT2D eigenvalue weighted by molar-refractivity contribution is 9.10. The molecular formula is C14H17BrClN3. The van der Waals surface area contributed by atoms with Crippen LogP contribution in [0.4, 0.5) is 11.6 Å². The number of halogens is 2. The Morgan fingerprint density at radius 3 is 2.95 bits per heavy atom. The monoisotopic (exact) mass is 341 g/mol. The zero-order valence-electron chi connectivity index (χ0n) is 11.1. The van der Waals surface area contributed by atoms with Crippen molar-refractivity contribution >= 4 is 39.2 Å². The van der Waals surface area contributed by atoms with Crippen molar-refractivity contribution in [1.29, 1.82) is 0 Å². The number of benzene rings is 1. The van der Waals surface area contributed by atoms with Gasteiger partial charge in [0.15, 0.2) is 0 Å². The SMILES string of the molecule is CCCCn1cc(C)nc1Nc1cccc(Cl)c1Br. The van der Waals surface area contributed by atoms with Crippen molar-refractivity contribution < 1.29 is 0 Å². The third kappa shape index (κ3) is 3.51. The lowest BCUT2D eigenvalue weighted by Crippen LogP contribution is -2.03. The molecule has 0 amide bonds. The largest absolute Gasteiger partial charge is 0.325 e. The summed E-state index contributed by atoms with van der Waals surface area (Å²) in [5, 5.41) is 4.02. The summed E-state index contributed by atoms with van der Waals surface area (Å²) in [5.74, 6) is 0.855. The average molecular weight is 343 g/mol. The van der Waals surface area contributed by atoms with E-state index in [1.54, 1.807) is 0 Å². The predicted octanol–water partition coefficient (Wildman–Crippen LogP) is 5.15. The van der Waals surface area contributed by atoms with Crippen molar-refractivity contribution in [3.05, 3.63) is 39.6 Å². The fourth-order valence-corrected chi connectivity index (χ4v) is 2.40. The fourth-order valence-electron chi connectivity index (χ4n) is 1.87. The molecule has 0 aliphatic heterocycles. The quantitative estimate of drug-likeness (QED) is 0.814. The number of hydrogen-bond donors (Lipinski definition) is 1. The number of unbranched alkanes of at least 4 members (excludes halogenated alkanes) is 1. The number of anilines is 2. The molecule has 2 aromatic rings. The molecule has 0 aliphatic rings. The lowest BCUT2D eigenvalue weighted by Gasteiger charge is -2.11. The maximum absolute atomic E-state index is 6.09. The first-order chi connectivity index (χ1) is 9.11. The van der Waals surface area contributed by atoms with Gasteiger partial charge in [0.05, 0.1) is 20.9 Å². The molecule has 102 valence electrons. The lowest BCUT2D eigenvalue weighted by molar-refractivity contribution is 0.637. The van der Waals surface area contributed by atoms with E-state index in [0.717, 1.165) is 41.2 Å². The van der Waals surface area contributed by atoms with Crippen molar-refractivity contribution in [3.63, 3.8) is 0 Å². The molecule has 1 heterocycles. The number of nitrogens with one attached hydrogen (secondary N) is 1. The van der Waals surface area contributed by atoms with Crippen molar-refractivity contribution in [2.24, 2.45) is 0 Å².